The highest BCUT2D eigenvalue weighted by Crippen LogP contribution is 2.27. The molecule has 1 unspecified atom stereocenters. The Hall–Kier alpha value is -1.84. The van der Waals surface area contributed by atoms with Crippen molar-refractivity contribution in [3.63, 3.8) is 0 Å². The summed E-state index contributed by atoms with van der Waals surface area (Å²) in [5.74, 6) is 3.56. The predicted octanol–water partition coefficient (Wildman–Crippen LogP) is 3.34. The number of rotatable bonds is 5. The van der Waals surface area contributed by atoms with Crippen molar-refractivity contribution in [1.29, 1.82) is 0 Å². The van der Waals surface area contributed by atoms with Crippen molar-refractivity contribution in [3.8, 4) is 5.75 Å². The second kappa shape index (κ2) is 9.58. The summed E-state index contributed by atoms with van der Waals surface area (Å²) in [5, 5.41) is 11.4. The predicted molar refractivity (Wildman–Crippen MR) is 120 cm³/mol. The van der Waals surface area contributed by atoms with E-state index in [2.05, 4.69) is 37.8 Å². The fraction of sp³-hybridized carbons (Fsp3) is 0.550. The van der Waals surface area contributed by atoms with E-state index in [0.717, 1.165) is 61.1 Å². The number of ether oxygens (including phenoxy) is 1. The maximum Gasteiger partial charge on any atom is 0.191 e. The molecular weight excluding hydrogens is 467 g/mol. The van der Waals surface area contributed by atoms with Gasteiger partial charge in [-0.3, -0.25) is 4.99 Å². The first-order chi connectivity index (χ1) is 13.2. The molecule has 8 heteroatoms. The molecule has 152 valence electrons. The third-order valence-corrected chi connectivity index (χ3v) is 5.28. The molecule has 1 aromatic carbocycles. The van der Waals surface area contributed by atoms with Gasteiger partial charge < -0.3 is 15.4 Å². The van der Waals surface area contributed by atoms with E-state index in [0.29, 0.717) is 12.6 Å². The summed E-state index contributed by atoms with van der Waals surface area (Å²) in [7, 11) is 1.80. The van der Waals surface area contributed by atoms with E-state index in [-0.39, 0.29) is 30.0 Å². The standard InChI is InChI=1S/C20H28N6O.HI/c1-14-23-19-17(10-6-12-26(19)25-14)24-20(21-2)22-13-15-7-3-4-11-18(15)27-16-8-5-9-16;/h3-4,7,11,16-17H,5-6,8-10,12-13H2,1-2H3,(H2,21,22,24);1H. The lowest BCUT2D eigenvalue weighted by atomic mass is 9.96. The first-order valence-corrected chi connectivity index (χ1v) is 9.86. The van der Waals surface area contributed by atoms with Crippen molar-refractivity contribution in [2.75, 3.05) is 7.05 Å². The van der Waals surface area contributed by atoms with Crippen molar-refractivity contribution in [2.24, 2.45) is 4.99 Å². The molecule has 1 aromatic heterocycles. The summed E-state index contributed by atoms with van der Waals surface area (Å²) in [5.41, 5.74) is 1.15. The Balaban J connectivity index is 0.00000225. The maximum absolute atomic E-state index is 6.12. The highest BCUT2D eigenvalue weighted by molar-refractivity contribution is 14.0. The molecule has 2 heterocycles. The molecule has 1 fully saturated rings. The van der Waals surface area contributed by atoms with Crippen LogP contribution >= 0.6 is 24.0 Å². The summed E-state index contributed by atoms with van der Waals surface area (Å²) in [6.45, 7) is 3.54. The summed E-state index contributed by atoms with van der Waals surface area (Å²) in [4.78, 5) is 8.98. The number of para-hydroxylation sites is 1. The van der Waals surface area contributed by atoms with Crippen LogP contribution in [0, 0.1) is 6.92 Å². The number of benzene rings is 1. The fourth-order valence-corrected chi connectivity index (χ4v) is 3.58. The van der Waals surface area contributed by atoms with E-state index < -0.39 is 0 Å². The molecule has 28 heavy (non-hydrogen) atoms. The zero-order valence-electron chi connectivity index (χ0n) is 16.5. The molecule has 0 saturated heterocycles. The Morgan fingerprint density at radius 2 is 2.07 bits per heavy atom. The van der Waals surface area contributed by atoms with Gasteiger partial charge in [-0.1, -0.05) is 18.2 Å². The Morgan fingerprint density at radius 1 is 1.25 bits per heavy atom. The summed E-state index contributed by atoms with van der Waals surface area (Å²) >= 11 is 0. The number of guanidine groups is 1. The average Bonchev–Trinajstić information content (AvgIpc) is 3.03. The van der Waals surface area contributed by atoms with Gasteiger partial charge in [-0.05, 0) is 45.1 Å². The van der Waals surface area contributed by atoms with E-state index in [1.54, 1.807) is 7.05 Å². The molecule has 4 rings (SSSR count). The maximum atomic E-state index is 6.12. The number of aromatic nitrogens is 3. The molecule has 0 spiro atoms. The minimum Gasteiger partial charge on any atom is -0.490 e. The summed E-state index contributed by atoms with van der Waals surface area (Å²) < 4.78 is 8.13. The molecule has 2 aromatic rings. The van der Waals surface area contributed by atoms with Gasteiger partial charge in [0, 0.05) is 25.7 Å². The van der Waals surface area contributed by atoms with Crippen LogP contribution in [-0.4, -0.2) is 33.9 Å². The summed E-state index contributed by atoms with van der Waals surface area (Å²) in [6, 6.07) is 8.37. The number of hydrogen-bond acceptors (Lipinski definition) is 4. The number of aryl methyl sites for hydroxylation is 2. The molecule has 1 atom stereocenters. The SMILES string of the molecule is CN=C(NCc1ccccc1OC1CCC1)NC1CCCn2nc(C)nc21.I. The second-order valence-electron chi connectivity index (χ2n) is 7.28. The largest absolute Gasteiger partial charge is 0.490 e. The number of halogens is 1. The van der Waals surface area contributed by atoms with Crippen LogP contribution in [0.2, 0.25) is 0 Å². The third-order valence-electron chi connectivity index (χ3n) is 5.28. The van der Waals surface area contributed by atoms with Crippen LogP contribution in [0.25, 0.3) is 0 Å². The van der Waals surface area contributed by atoms with Gasteiger partial charge in [0.15, 0.2) is 5.96 Å². The second-order valence-corrected chi connectivity index (χ2v) is 7.28. The minimum atomic E-state index is 0. The van der Waals surface area contributed by atoms with Crippen molar-refractivity contribution < 1.29 is 4.74 Å². The van der Waals surface area contributed by atoms with Crippen LogP contribution in [0.1, 0.15) is 55.4 Å². The molecule has 0 bridgehead atoms. The van der Waals surface area contributed by atoms with E-state index in [9.17, 15) is 0 Å². The van der Waals surface area contributed by atoms with Gasteiger partial charge in [-0.2, -0.15) is 5.10 Å². The Kier molecular flexibility index (Phi) is 7.14. The molecule has 2 N–H and O–H groups in total. The molecule has 1 aliphatic carbocycles. The van der Waals surface area contributed by atoms with Crippen molar-refractivity contribution in [1.82, 2.24) is 25.4 Å². The van der Waals surface area contributed by atoms with Gasteiger partial charge in [0.1, 0.15) is 17.4 Å². The van der Waals surface area contributed by atoms with Crippen LogP contribution < -0.4 is 15.4 Å². The van der Waals surface area contributed by atoms with Crippen molar-refractivity contribution in [3.05, 3.63) is 41.5 Å². The van der Waals surface area contributed by atoms with Gasteiger partial charge in [-0.25, -0.2) is 9.67 Å². The zero-order chi connectivity index (χ0) is 18.6. The van der Waals surface area contributed by atoms with Gasteiger partial charge in [-0.15, -0.1) is 24.0 Å². The zero-order valence-corrected chi connectivity index (χ0v) is 18.8. The Bertz CT molecular complexity index is 817. The Labute approximate surface area is 183 Å². The number of fused-ring (bicyclic) bond motifs is 1. The van der Waals surface area contributed by atoms with Crippen LogP contribution in [0.4, 0.5) is 0 Å². The van der Waals surface area contributed by atoms with Gasteiger partial charge in [0.05, 0.1) is 12.1 Å². The highest BCUT2D eigenvalue weighted by atomic mass is 127. The molecule has 1 aliphatic heterocycles. The number of aliphatic imine (C=N–C) groups is 1. The normalized spacial score (nSPS) is 19.2. The third kappa shape index (κ3) is 4.76. The number of hydrogen-bond donors (Lipinski definition) is 2. The fourth-order valence-electron chi connectivity index (χ4n) is 3.58. The number of nitrogens with zero attached hydrogens (tertiary/aromatic N) is 4. The molecule has 0 amide bonds. The molecule has 7 nitrogen and oxygen atoms in total. The number of nitrogens with one attached hydrogen (secondary N) is 2. The lowest BCUT2D eigenvalue weighted by molar-refractivity contribution is 0.119. The monoisotopic (exact) mass is 496 g/mol. The topological polar surface area (TPSA) is 76.4 Å². The smallest absolute Gasteiger partial charge is 0.191 e. The highest BCUT2D eigenvalue weighted by Gasteiger charge is 2.24. The van der Waals surface area contributed by atoms with E-state index in [4.69, 9.17) is 4.74 Å². The summed E-state index contributed by atoms with van der Waals surface area (Å²) in [6.07, 6.45) is 6.08. The van der Waals surface area contributed by atoms with Crippen LogP contribution in [-0.2, 0) is 13.1 Å². The van der Waals surface area contributed by atoms with Crippen LogP contribution in [0.5, 0.6) is 5.75 Å². The van der Waals surface area contributed by atoms with E-state index >= 15 is 0 Å². The molecule has 0 radical (unpaired) electrons. The van der Waals surface area contributed by atoms with Crippen LogP contribution in [0.3, 0.4) is 0 Å². The van der Waals surface area contributed by atoms with Crippen molar-refractivity contribution >= 4 is 29.9 Å². The van der Waals surface area contributed by atoms with E-state index in [1.807, 2.05) is 23.7 Å². The van der Waals surface area contributed by atoms with Gasteiger partial charge in [0.25, 0.3) is 0 Å². The van der Waals surface area contributed by atoms with Crippen molar-refractivity contribution in [2.45, 2.75) is 64.3 Å². The first kappa shape index (κ1) is 20.9. The first-order valence-electron chi connectivity index (χ1n) is 9.86. The van der Waals surface area contributed by atoms with Crippen LogP contribution in [0.15, 0.2) is 29.3 Å². The molecular formula is C20H29IN6O. The lowest BCUT2D eigenvalue weighted by Gasteiger charge is -2.28. The van der Waals surface area contributed by atoms with Gasteiger partial charge in [0.2, 0.25) is 0 Å². The average molecular weight is 496 g/mol. The van der Waals surface area contributed by atoms with Gasteiger partial charge >= 0.3 is 0 Å². The minimum absolute atomic E-state index is 0. The molecule has 1 saturated carbocycles. The van der Waals surface area contributed by atoms with E-state index in [1.165, 1.54) is 6.42 Å². The Morgan fingerprint density at radius 3 is 2.82 bits per heavy atom. The quantitative estimate of drug-likeness (QED) is 0.378. The molecule has 2 aliphatic rings. The lowest BCUT2D eigenvalue weighted by Crippen LogP contribution is -2.41.